The predicted molar refractivity (Wildman–Crippen MR) is 75.6 cm³/mol. The first-order chi connectivity index (χ1) is 9.49. The Morgan fingerprint density at radius 2 is 1.95 bits per heavy atom. The lowest BCUT2D eigenvalue weighted by molar-refractivity contribution is -0.388. The molecule has 2 rings (SSSR count). The molecule has 0 saturated carbocycles. The molecule has 1 N–H and O–H groups in total. The van der Waals surface area contributed by atoms with Gasteiger partial charge in [0.25, 0.3) is 5.69 Å². The molecule has 0 unspecified atom stereocenters. The third-order valence-corrected chi connectivity index (χ3v) is 3.71. The van der Waals surface area contributed by atoms with Crippen molar-refractivity contribution in [3.63, 3.8) is 0 Å². The smallest absolute Gasteiger partial charge is 0.342 e. The maximum absolute atomic E-state index is 11.1. The van der Waals surface area contributed by atoms with Crippen LogP contribution in [0.2, 0.25) is 5.02 Å². The summed E-state index contributed by atoms with van der Waals surface area (Å²) in [4.78, 5) is 22.4. The van der Waals surface area contributed by atoms with Gasteiger partial charge in [0.15, 0.2) is 0 Å². The number of hydrogen-bond donors (Lipinski definition) is 1. The molecule has 0 fully saturated rings. The zero-order chi connectivity index (χ0) is 14.7. The maximum Gasteiger partial charge on any atom is 0.342 e. The lowest BCUT2D eigenvalue weighted by Crippen LogP contribution is -2.03. The summed E-state index contributed by atoms with van der Waals surface area (Å²) in [6.07, 6.45) is 0. The van der Waals surface area contributed by atoms with Crippen LogP contribution in [0.5, 0.6) is 0 Å². The van der Waals surface area contributed by atoms with E-state index < -0.39 is 16.6 Å². The van der Waals surface area contributed by atoms with Gasteiger partial charge in [-0.05, 0) is 30.3 Å². The Bertz CT molecular complexity index is 690. The van der Waals surface area contributed by atoms with Crippen molar-refractivity contribution >= 4 is 35.0 Å². The van der Waals surface area contributed by atoms with Crippen molar-refractivity contribution in [2.45, 2.75) is 9.79 Å². The molecule has 2 aromatic rings. The van der Waals surface area contributed by atoms with Crippen molar-refractivity contribution in [1.82, 2.24) is 0 Å². The summed E-state index contributed by atoms with van der Waals surface area (Å²) in [5.74, 6) is -1.33. The van der Waals surface area contributed by atoms with Crippen LogP contribution in [0, 0.1) is 10.1 Å². The van der Waals surface area contributed by atoms with Crippen LogP contribution >= 0.6 is 23.4 Å². The van der Waals surface area contributed by atoms with Gasteiger partial charge in [0.05, 0.1) is 9.82 Å². The van der Waals surface area contributed by atoms with Crippen molar-refractivity contribution in [3.8, 4) is 0 Å². The van der Waals surface area contributed by atoms with Crippen molar-refractivity contribution in [1.29, 1.82) is 0 Å². The summed E-state index contributed by atoms with van der Waals surface area (Å²) in [6.45, 7) is 0. The highest BCUT2D eigenvalue weighted by Gasteiger charge is 2.24. The largest absolute Gasteiger partial charge is 0.477 e. The monoisotopic (exact) mass is 309 g/mol. The molecule has 102 valence electrons. The highest BCUT2D eigenvalue weighted by Crippen LogP contribution is 2.37. The molecule has 2 aromatic carbocycles. The molecule has 0 spiro atoms. The second-order valence-corrected chi connectivity index (χ2v) is 5.33. The molecular formula is C13H8ClNO4S. The van der Waals surface area contributed by atoms with Crippen LogP contribution in [-0.2, 0) is 0 Å². The van der Waals surface area contributed by atoms with Gasteiger partial charge in [-0.3, -0.25) is 10.1 Å². The minimum Gasteiger partial charge on any atom is -0.477 e. The van der Waals surface area contributed by atoms with Crippen molar-refractivity contribution in [2.75, 3.05) is 0 Å². The van der Waals surface area contributed by atoms with Crippen LogP contribution in [0.25, 0.3) is 0 Å². The van der Waals surface area contributed by atoms with Gasteiger partial charge in [-0.15, -0.1) is 0 Å². The molecule has 0 aliphatic carbocycles. The van der Waals surface area contributed by atoms with E-state index in [4.69, 9.17) is 16.7 Å². The number of carboxylic acids is 1. The first-order valence-electron chi connectivity index (χ1n) is 5.43. The fourth-order valence-corrected chi connectivity index (χ4v) is 2.89. The van der Waals surface area contributed by atoms with E-state index in [1.54, 1.807) is 24.3 Å². The molecule has 0 saturated heterocycles. The third-order valence-electron chi connectivity index (χ3n) is 2.44. The maximum atomic E-state index is 11.1. The lowest BCUT2D eigenvalue weighted by atomic mass is 10.2. The number of hydrogen-bond acceptors (Lipinski definition) is 4. The Balaban J connectivity index is 2.49. The topological polar surface area (TPSA) is 80.4 Å². The predicted octanol–water partition coefficient (Wildman–Crippen LogP) is 4.10. The number of para-hydroxylation sites is 1. The Morgan fingerprint density at radius 1 is 1.25 bits per heavy atom. The van der Waals surface area contributed by atoms with Gasteiger partial charge in [-0.25, -0.2) is 4.79 Å². The van der Waals surface area contributed by atoms with Crippen molar-refractivity contribution < 1.29 is 14.8 Å². The zero-order valence-electron chi connectivity index (χ0n) is 9.95. The van der Waals surface area contributed by atoms with E-state index in [0.29, 0.717) is 9.92 Å². The molecule has 0 bridgehead atoms. The van der Waals surface area contributed by atoms with Gasteiger partial charge >= 0.3 is 5.97 Å². The normalized spacial score (nSPS) is 10.2. The first kappa shape index (κ1) is 14.4. The molecule has 0 aromatic heterocycles. The Labute approximate surface area is 123 Å². The van der Waals surface area contributed by atoms with E-state index in [1.165, 1.54) is 18.2 Å². The molecule has 0 atom stereocenters. The van der Waals surface area contributed by atoms with E-state index in [-0.39, 0.29) is 10.5 Å². The molecule has 7 heteroatoms. The van der Waals surface area contributed by atoms with E-state index in [9.17, 15) is 14.9 Å². The van der Waals surface area contributed by atoms with Gasteiger partial charge < -0.3 is 5.11 Å². The summed E-state index contributed by atoms with van der Waals surface area (Å²) in [5, 5.41) is 20.6. The SMILES string of the molecule is O=C(O)c1cccc(Sc2cccc(Cl)c2)c1[N+](=O)[O-]. The molecule has 0 radical (unpaired) electrons. The van der Waals surface area contributed by atoms with E-state index >= 15 is 0 Å². The van der Waals surface area contributed by atoms with Crippen LogP contribution in [0.3, 0.4) is 0 Å². The number of aromatic carboxylic acids is 1. The standard InChI is InChI=1S/C13H8ClNO4S/c14-8-3-1-4-9(7-8)20-11-6-2-5-10(13(16)17)12(11)15(18)19/h1-7H,(H,16,17). The summed E-state index contributed by atoms with van der Waals surface area (Å²) in [7, 11) is 0. The molecule has 20 heavy (non-hydrogen) atoms. The van der Waals surface area contributed by atoms with Gasteiger partial charge in [0, 0.05) is 9.92 Å². The van der Waals surface area contributed by atoms with Crippen LogP contribution < -0.4 is 0 Å². The summed E-state index contributed by atoms with van der Waals surface area (Å²) < 4.78 is 0. The molecule has 0 aliphatic rings. The van der Waals surface area contributed by atoms with Crippen molar-refractivity contribution in [3.05, 3.63) is 63.2 Å². The highest BCUT2D eigenvalue weighted by atomic mass is 35.5. The average Bonchev–Trinajstić information content (AvgIpc) is 2.38. The Kier molecular flexibility index (Phi) is 4.26. The number of rotatable bonds is 4. The van der Waals surface area contributed by atoms with Gasteiger partial charge in [-0.1, -0.05) is 35.5 Å². The third kappa shape index (κ3) is 3.09. The fourth-order valence-electron chi connectivity index (χ4n) is 1.62. The number of nitrogens with zero attached hydrogens (tertiary/aromatic N) is 1. The van der Waals surface area contributed by atoms with Gasteiger partial charge in [0.1, 0.15) is 5.56 Å². The van der Waals surface area contributed by atoms with Gasteiger partial charge in [-0.2, -0.15) is 0 Å². The summed E-state index contributed by atoms with van der Waals surface area (Å²) in [6, 6.07) is 11.0. The number of nitro groups is 1. The highest BCUT2D eigenvalue weighted by molar-refractivity contribution is 7.99. The van der Waals surface area contributed by atoms with Crippen LogP contribution in [0.15, 0.2) is 52.3 Å². The molecule has 5 nitrogen and oxygen atoms in total. The Hall–Kier alpha value is -2.05. The second-order valence-electron chi connectivity index (χ2n) is 3.77. The minimum atomic E-state index is -1.33. The number of carbonyl (C=O) groups is 1. The fraction of sp³-hybridized carbons (Fsp3) is 0. The number of halogens is 1. The average molecular weight is 310 g/mol. The molecule has 0 heterocycles. The summed E-state index contributed by atoms with van der Waals surface area (Å²) in [5.41, 5.74) is -0.744. The molecule has 0 amide bonds. The van der Waals surface area contributed by atoms with Gasteiger partial charge in [0.2, 0.25) is 0 Å². The Morgan fingerprint density at radius 3 is 2.55 bits per heavy atom. The molecular weight excluding hydrogens is 302 g/mol. The number of carboxylic acid groups (broad SMARTS) is 1. The number of benzene rings is 2. The van der Waals surface area contributed by atoms with E-state index in [1.807, 2.05) is 0 Å². The summed E-state index contributed by atoms with van der Waals surface area (Å²) >= 11 is 6.95. The lowest BCUT2D eigenvalue weighted by Gasteiger charge is -2.05. The van der Waals surface area contributed by atoms with E-state index in [2.05, 4.69) is 0 Å². The van der Waals surface area contributed by atoms with E-state index in [0.717, 1.165) is 11.8 Å². The first-order valence-corrected chi connectivity index (χ1v) is 6.62. The minimum absolute atomic E-state index is 0.261. The van der Waals surface area contributed by atoms with Crippen molar-refractivity contribution in [2.24, 2.45) is 0 Å². The number of nitro benzene ring substituents is 1. The molecule has 0 aliphatic heterocycles. The quantitative estimate of drug-likeness (QED) is 0.679. The van der Waals surface area contributed by atoms with Crippen LogP contribution in [-0.4, -0.2) is 16.0 Å². The zero-order valence-corrected chi connectivity index (χ0v) is 11.5. The second kappa shape index (κ2) is 5.94. The van der Waals surface area contributed by atoms with Crippen LogP contribution in [0.4, 0.5) is 5.69 Å². The van der Waals surface area contributed by atoms with Crippen LogP contribution in [0.1, 0.15) is 10.4 Å².